The summed E-state index contributed by atoms with van der Waals surface area (Å²) in [5, 5.41) is 2.78. The quantitative estimate of drug-likeness (QED) is 0.566. The zero-order valence-electron chi connectivity index (χ0n) is 18.3. The topological polar surface area (TPSA) is 58.6 Å². The van der Waals surface area contributed by atoms with Gasteiger partial charge in [0.15, 0.2) is 0 Å². The molecule has 0 unspecified atom stereocenters. The van der Waals surface area contributed by atoms with Gasteiger partial charge in [0.25, 0.3) is 0 Å². The Labute approximate surface area is 191 Å². The van der Waals surface area contributed by atoms with E-state index in [2.05, 4.69) is 5.32 Å². The molecule has 1 aliphatic rings. The van der Waals surface area contributed by atoms with Crippen LogP contribution in [0.4, 0.5) is 20.2 Å². The molecule has 0 aliphatic carbocycles. The minimum Gasteiger partial charge on any atom is -0.497 e. The van der Waals surface area contributed by atoms with Crippen molar-refractivity contribution >= 4 is 23.2 Å². The summed E-state index contributed by atoms with van der Waals surface area (Å²) < 4.78 is 32.8. The van der Waals surface area contributed by atoms with Crippen molar-refractivity contribution < 1.29 is 23.1 Å². The number of hydrogen-bond donors (Lipinski definition) is 1. The Hall–Kier alpha value is -3.74. The summed E-state index contributed by atoms with van der Waals surface area (Å²) in [4.78, 5) is 28.0. The van der Waals surface area contributed by atoms with Crippen LogP contribution in [0.25, 0.3) is 0 Å². The van der Waals surface area contributed by atoms with Gasteiger partial charge in [-0.05, 0) is 73.0 Å². The molecule has 33 heavy (non-hydrogen) atoms. The molecule has 1 aliphatic heterocycles. The van der Waals surface area contributed by atoms with Crippen molar-refractivity contribution in [2.45, 2.75) is 25.8 Å². The van der Waals surface area contributed by atoms with Gasteiger partial charge < -0.3 is 15.0 Å². The molecule has 0 saturated carbocycles. The third kappa shape index (κ3) is 4.72. The lowest BCUT2D eigenvalue weighted by molar-refractivity contribution is -0.125. The fourth-order valence-electron chi connectivity index (χ4n) is 4.16. The van der Waals surface area contributed by atoms with Crippen LogP contribution in [0.3, 0.4) is 0 Å². The maximum absolute atomic E-state index is 14.0. The molecular formula is C26H24F2N2O3. The third-order valence-electron chi connectivity index (χ3n) is 5.94. The maximum atomic E-state index is 14.0. The summed E-state index contributed by atoms with van der Waals surface area (Å²) in [6.07, 6.45) is 0.484. The smallest absolute Gasteiger partial charge is 0.229 e. The Morgan fingerprint density at radius 1 is 1.03 bits per heavy atom. The Balaban J connectivity index is 1.72. The van der Waals surface area contributed by atoms with Crippen LogP contribution in [-0.2, 0) is 9.59 Å². The monoisotopic (exact) mass is 450 g/mol. The number of aryl methyl sites for hydroxylation is 1. The normalized spacial score (nSPS) is 18.2. The lowest BCUT2D eigenvalue weighted by Crippen LogP contribution is -2.47. The van der Waals surface area contributed by atoms with Crippen LogP contribution in [0.5, 0.6) is 5.75 Å². The van der Waals surface area contributed by atoms with Gasteiger partial charge in [-0.1, -0.05) is 18.2 Å². The van der Waals surface area contributed by atoms with Crippen LogP contribution < -0.4 is 15.0 Å². The molecule has 0 radical (unpaired) electrons. The fraction of sp³-hybridized carbons (Fsp3) is 0.231. The van der Waals surface area contributed by atoms with Crippen molar-refractivity contribution in [1.29, 1.82) is 0 Å². The fourth-order valence-corrected chi connectivity index (χ4v) is 4.16. The van der Waals surface area contributed by atoms with E-state index < -0.39 is 23.6 Å². The maximum Gasteiger partial charge on any atom is 0.229 e. The van der Waals surface area contributed by atoms with Gasteiger partial charge in [0.05, 0.1) is 19.1 Å². The average molecular weight is 450 g/mol. The van der Waals surface area contributed by atoms with E-state index in [9.17, 15) is 18.4 Å². The van der Waals surface area contributed by atoms with Crippen LogP contribution in [0, 0.1) is 24.5 Å². The largest absolute Gasteiger partial charge is 0.497 e. The molecule has 3 aromatic rings. The summed E-state index contributed by atoms with van der Waals surface area (Å²) in [6, 6.07) is 16.6. The van der Waals surface area contributed by atoms with E-state index in [4.69, 9.17) is 4.74 Å². The summed E-state index contributed by atoms with van der Waals surface area (Å²) in [5.41, 5.74) is 2.06. The number of anilines is 2. The molecular weight excluding hydrogens is 426 g/mol. The minimum absolute atomic E-state index is 0.139. The lowest BCUT2D eigenvalue weighted by Gasteiger charge is -2.41. The third-order valence-corrected chi connectivity index (χ3v) is 5.94. The first-order valence-electron chi connectivity index (χ1n) is 10.7. The number of methoxy groups -OCH3 is 1. The van der Waals surface area contributed by atoms with E-state index in [-0.39, 0.29) is 18.2 Å². The highest BCUT2D eigenvalue weighted by molar-refractivity contribution is 6.00. The highest BCUT2D eigenvalue weighted by atomic mass is 19.1. The van der Waals surface area contributed by atoms with Gasteiger partial charge in [-0.15, -0.1) is 0 Å². The van der Waals surface area contributed by atoms with Crippen molar-refractivity contribution in [3.8, 4) is 5.75 Å². The van der Waals surface area contributed by atoms with Gasteiger partial charge in [-0.2, -0.15) is 0 Å². The lowest BCUT2D eigenvalue weighted by atomic mass is 9.83. The SMILES string of the molecule is COc1ccc(N2C(=O)CC[C@@H](C(=O)Nc3ccc(C)c(F)c3)[C@H]2c2ccc(F)cc2)cc1. The molecule has 4 rings (SSSR count). The van der Waals surface area contributed by atoms with Gasteiger partial charge in [-0.25, -0.2) is 8.78 Å². The first-order chi connectivity index (χ1) is 15.9. The number of ether oxygens (including phenoxy) is 1. The van der Waals surface area contributed by atoms with Crippen LogP contribution >= 0.6 is 0 Å². The predicted molar refractivity (Wildman–Crippen MR) is 122 cm³/mol. The second-order valence-corrected chi connectivity index (χ2v) is 8.06. The van der Waals surface area contributed by atoms with Gasteiger partial charge in [0.2, 0.25) is 11.8 Å². The summed E-state index contributed by atoms with van der Waals surface area (Å²) in [7, 11) is 1.55. The van der Waals surface area contributed by atoms with E-state index in [1.54, 1.807) is 67.5 Å². The molecule has 1 heterocycles. The van der Waals surface area contributed by atoms with Crippen molar-refractivity contribution in [3.63, 3.8) is 0 Å². The molecule has 0 aromatic heterocycles. The first-order valence-corrected chi connectivity index (χ1v) is 10.7. The number of halogens is 2. The Morgan fingerprint density at radius 2 is 1.73 bits per heavy atom. The minimum atomic E-state index is -0.657. The molecule has 1 saturated heterocycles. The van der Waals surface area contributed by atoms with E-state index in [1.165, 1.54) is 18.2 Å². The molecule has 7 heteroatoms. The predicted octanol–water partition coefficient (Wildman–Crippen LogP) is 5.40. The molecule has 5 nitrogen and oxygen atoms in total. The summed E-state index contributed by atoms with van der Waals surface area (Å²) in [6.45, 7) is 1.64. The highest BCUT2D eigenvalue weighted by Crippen LogP contribution is 2.41. The van der Waals surface area contributed by atoms with Crippen molar-refractivity contribution in [2.75, 3.05) is 17.3 Å². The van der Waals surface area contributed by atoms with E-state index >= 15 is 0 Å². The van der Waals surface area contributed by atoms with Crippen LogP contribution in [0.1, 0.15) is 30.0 Å². The number of nitrogens with zero attached hydrogens (tertiary/aromatic N) is 1. The number of benzene rings is 3. The molecule has 1 fully saturated rings. The number of nitrogens with one attached hydrogen (secondary N) is 1. The van der Waals surface area contributed by atoms with Gasteiger partial charge >= 0.3 is 0 Å². The Kier molecular flexibility index (Phi) is 6.40. The van der Waals surface area contributed by atoms with E-state index in [1.807, 2.05) is 0 Å². The highest BCUT2D eigenvalue weighted by Gasteiger charge is 2.41. The van der Waals surface area contributed by atoms with Crippen LogP contribution in [0.2, 0.25) is 0 Å². The second kappa shape index (κ2) is 9.40. The van der Waals surface area contributed by atoms with Gasteiger partial charge in [-0.3, -0.25) is 9.59 Å². The summed E-state index contributed by atoms with van der Waals surface area (Å²) >= 11 is 0. The molecule has 2 atom stereocenters. The van der Waals surface area contributed by atoms with Crippen molar-refractivity contribution in [1.82, 2.24) is 0 Å². The number of hydrogen-bond acceptors (Lipinski definition) is 3. The van der Waals surface area contributed by atoms with Crippen molar-refractivity contribution in [2.24, 2.45) is 5.92 Å². The number of rotatable bonds is 5. The standard InChI is InChI=1S/C26H24F2N2O3/c1-16-3-8-19(15-23(16)28)29-26(32)22-13-14-24(31)30(20-9-11-21(33-2)12-10-20)25(22)17-4-6-18(27)7-5-17/h3-12,15,22,25H,13-14H2,1-2H3,(H,29,32)/t22-,25-/m1/s1. The molecule has 170 valence electrons. The Bertz CT molecular complexity index is 1160. The number of piperidine rings is 1. The van der Waals surface area contributed by atoms with Crippen molar-refractivity contribution in [3.05, 3.63) is 89.5 Å². The van der Waals surface area contributed by atoms with E-state index in [0.29, 0.717) is 34.7 Å². The molecule has 3 aromatic carbocycles. The zero-order chi connectivity index (χ0) is 23.5. The number of carbonyl (C=O) groups is 2. The Morgan fingerprint density at radius 3 is 2.36 bits per heavy atom. The second-order valence-electron chi connectivity index (χ2n) is 8.06. The number of carbonyl (C=O) groups excluding carboxylic acids is 2. The first kappa shape index (κ1) is 22.5. The van der Waals surface area contributed by atoms with Crippen LogP contribution in [-0.4, -0.2) is 18.9 Å². The number of amides is 2. The molecule has 0 spiro atoms. The van der Waals surface area contributed by atoms with E-state index in [0.717, 1.165) is 0 Å². The zero-order valence-corrected chi connectivity index (χ0v) is 18.3. The molecule has 1 N–H and O–H groups in total. The average Bonchev–Trinajstić information content (AvgIpc) is 2.82. The molecule has 2 amide bonds. The van der Waals surface area contributed by atoms with Gasteiger partial charge in [0.1, 0.15) is 17.4 Å². The van der Waals surface area contributed by atoms with Crippen LogP contribution in [0.15, 0.2) is 66.7 Å². The summed E-state index contributed by atoms with van der Waals surface area (Å²) in [5.74, 6) is -1.29. The van der Waals surface area contributed by atoms with Gasteiger partial charge in [0, 0.05) is 17.8 Å². The molecule has 0 bridgehead atoms.